The predicted octanol–water partition coefficient (Wildman–Crippen LogP) is 9.74. The Kier molecular flexibility index (Phi) is 40.0. The Morgan fingerprint density at radius 1 is 0.513 bits per heavy atom. The number of aliphatic carboxylic acids is 1. The first-order chi connectivity index (χ1) is 19.1. The molecule has 0 spiro atoms. The summed E-state index contributed by atoms with van der Waals surface area (Å²) < 4.78 is 18.6. The van der Waals surface area contributed by atoms with Crippen LogP contribution in [0.4, 0.5) is 0 Å². The number of hydrogen-bond acceptors (Lipinski definition) is 5. The van der Waals surface area contributed by atoms with Crippen LogP contribution in [0.5, 0.6) is 0 Å². The topological polar surface area (TPSA) is 67.8 Å². The van der Waals surface area contributed by atoms with Crippen LogP contribution in [0.25, 0.3) is 0 Å². The number of hydrogen-bond donors (Lipinski definition) is 0. The maximum absolute atomic E-state index is 9.14. The summed E-state index contributed by atoms with van der Waals surface area (Å²) in [6, 6.07) is 0. The van der Waals surface area contributed by atoms with Gasteiger partial charge in [0.15, 0.2) is 0 Å². The van der Waals surface area contributed by atoms with E-state index in [0.717, 1.165) is 25.9 Å². The maximum atomic E-state index is 9.14. The van der Waals surface area contributed by atoms with Gasteiger partial charge in [0.05, 0.1) is 5.97 Å². The van der Waals surface area contributed by atoms with E-state index in [0.29, 0.717) is 0 Å². The second-order valence-corrected chi connectivity index (χ2v) is 14.1. The molecule has 6 heteroatoms. The van der Waals surface area contributed by atoms with E-state index in [1.807, 2.05) is 0 Å². The van der Waals surface area contributed by atoms with Crippen molar-refractivity contribution in [2.45, 2.75) is 175 Å². The number of carbonyl (C=O) groups is 1. The van der Waals surface area contributed by atoms with Gasteiger partial charge in [-0.25, -0.2) is 0 Å². The van der Waals surface area contributed by atoms with Crippen LogP contribution in [0.15, 0.2) is 12.7 Å². The summed E-state index contributed by atoms with van der Waals surface area (Å²) in [7, 11) is 0. The van der Waals surface area contributed by atoms with Crippen LogP contribution < -0.4 is 5.11 Å². The van der Waals surface area contributed by atoms with Crippen LogP contribution in [-0.4, -0.2) is 25.8 Å². The van der Waals surface area contributed by atoms with Crippen molar-refractivity contribution < 1.29 is 41.4 Å². The van der Waals surface area contributed by atoms with Crippen molar-refractivity contribution in [3.63, 3.8) is 0 Å². The fraction of sp³-hybridized carbons (Fsp3) is 0.909. The summed E-state index contributed by atoms with van der Waals surface area (Å²) in [5, 5.41) is 9.14. The summed E-state index contributed by atoms with van der Waals surface area (Å²) in [6.45, 7) is 12.3. The predicted molar refractivity (Wildman–Crippen MR) is 161 cm³/mol. The number of rotatable bonds is 31. The average Bonchev–Trinajstić information content (AvgIpc) is 2.94. The van der Waals surface area contributed by atoms with Crippen LogP contribution in [0, 0.1) is 0 Å². The second kappa shape index (κ2) is 38.0. The van der Waals surface area contributed by atoms with Crippen LogP contribution in [0.1, 0.15) is 175 Å². The van der Waals surface area contributed by atoms with Crippen molar-refractivity contribution in [1.82, 2.24) is 0 Å². The molecule has 0 fully saturated rings. The van der Waals surface area contributed by atoms with Crippen molar-refractivity contribution >= 4 is 5.97 Å². The molecule has 0 unspecified atom stereocenters. The minimum absolute atomic E-state index is 0.722. The Labute approximate surface area is 253 Å². The normalized spacial score (nSPS) is 10.7. The van der Waals surface area contributed by atoms with Gasteiger partial charge in [-0.15, -0.1) is 0 Å². The SMILES string of the molecule is C=CC(=O)[O-].CCCCCCCCCC[O][Zr+]([O]CCCCCCCCCC)[O]CCCCCCCCCC. The summed E-state index contributed by atoms with van der Waals surface area (Å²) in [4.78, 5) is 9.14. The summed E-state index contributed by atoms with van der Waals surface area (Å²) in [5.74, 6) is -1.23. The Morgan fingerprint density at radius 3 is 0.923 bits per heavy atom. The van der Waals surface area contributed by atoms with Crippen LogP contribution >= 0.6 is 0 Å². The zero-order valence-electron chi connectivity index (χ0n) is 26.4. The number of carboxylic acids is 1. The Balaban J connectivity index is 0. The molecule has 0 saturated carbocycles. The molecule has 0 aromatic carbocycles. The molecular weight excluding hydrogens is 568 g/mol. The first kappa shape index (κ1) is 41.1. The fourth-order valence-electron chi connectivity index (χ4n) is 4.30. The van der Waals surface area contributed by atoms with E-state index in [1.165, 1.54) is 154 Å². The summed E-state index contributed by atoms with van der Waals surface area (Å²) >= 11 is -2.58. The summed E-state index contributed by atoms with van der Waals surface area (Å²) in [6.07, 6.45) is 32.9. The van der Waals surface area contributed by atoms with Crippen molar-refractivity contribution in [2.24, 2.45) is 0 Å². The number of carboxylic acid groups (broad SMARTS) is 1. The van der Waals surface area contributed by atoms with Gasteiger partial charge in [-0.1, -0.05) is 6.58 Å². The average molecular weight is 634 g/mol. The molecule has 0 N–H and O–H groups in total. The fourth-order valence-corrected chi connectivity index (χ4v) is 7.21. The zero-order chi connectivity index (χ0) is 29.1. The molecular formula is C33H66O5Zr. The molecule has 0 aromatic heterocycles. The van der Waals surface area contributed by atoms with Gasteiger partial charge in [0.25, 0.3) is 0 Å². The minimum atomic E-state index is -2.58. The van der Waals surface area contributed by atoms with Gasteiger partial charge in [0.2, 0.25) is 0 Å². The van der Waals surface area contributed by atoms with Gasteiger partial charge < -0.3 is 9.90 Å². The molecule has 0 rings (SSSR count). The van der Waals surface area contributed by atoms with Crippen LogP contribution in [0.3, 0.4) is 0 Å². The Morgan fingerprint density at radius 2 is 0.718 bits per heavy atom. The quantitative estimate of drug-likeness (QED) is 0.0561. The van der Waals surface area contributed by atoms with Gasteiger partial charge >= 0.3 is 226 Å². The monoisotopic (exact) mass is 632 g/mol. The Bertz CT molecular complexity index is 423. The first-order valence-electron chi connectivity index (χ1n) is 16.7. The van der Waals surface area contributed by atoms with E-state index in [2.05, 4.69) is 27.4 Å². The third kappa shape index (κ3) is 40.2. The molecule has 0 aliphatic rings. The molecule has 0 amide bonds. The third-order valence-electron chi connectivity index (χ3n) is 6.82. The molecule has 0 bridgehead atoms. The van der Waals surface area contributed by atoms with Gasteiger partial charge in [-0.3, -0.25) is 0 Å². The van der Waals surface area contributed by atoms with Crippen LogP contribution in [0.2, 0.25) is 0 Å². The third-order valence-corrected chi connectivity index (χ3v) is 10.1. The molecule has 0 heterocycles. The molecule has 0 radical (unpaired) electrons. The van der Waals surface area contributed by atoms with Gasteiger partial charge in [-0.2, -0.15) is 0 Å². The standard InChI is InChI=1S/3C10H21O.C3H4O2.Zr/c3*1-2-3-4-5-6-7-8-9-10-11;1-2-3(4)5;/h3*2-10H2,1H3;2H,1H2,(H,4,5);/q3*-1;;+4/p-1. The molecule has 0 aromatic rings. The van der Waals surface area contributed by atoms with Crippen molar-refractivity contribution in [1.29, 1.82) is 0 Å². The van der Waals surface area contributed by atoms with Gasteiger partial charge in [0.1, 0.15) is 0 Å². The summed E-state index contributed by atoms with van der Waals surface area (Å²) in [5.41, 5.74) is 0. The van der Waals surface area contributed by atoms with E-state index < -0.39 is 29.0 Å². The van der Waals surface area contributed by atoms with E-state index >= 15 is 0 Å². The van der Waals surface area contributed by atoms with Crippen molar-refractivity contribution in [3.8, 4) is 0 Å². The number of unbranched alkanes of at least 4 members (excludes halogenated alkanes) is 21. The van der Waals surface area contributed by atoms with Gasteiger partial charge in [-0.05, 0) is 6.08 Å². The Hall–Kier alpha value is -0.0269. The molecule has 39 heavy (non-hydrogen) atoms. The molecule has 232 valence electrons. The molecule has 5 nitrogen and oxygen atoms in total. The number of carbonyl (C=O) groups excluding carboxylic acids is 1. The van der Waals surface area contributed by atoms with Gasteiger partial charge in [0, 0.05) is 0 Å². The molecule has 0 aliphatic heterocycles. The van der Waals surface area contributed by atoms with E-state index in [-0.39, 0.29) is 0 Å². The van der Waals surface area contributed by atoms with E-state index in [4.69, 9.17) is 18.3 Å². The first-order valence-corrected chi connectivity index (χ1v) is 19.7. The van der Waals surface area contributed by atoms with Crippen molar-refractivity contribution in [2.75, 3.05) is 19.8 Å². The second-order valence-electron chi connectivity index (χ2n) is 10.7. The molecule has 0 aliphatic carbocycles. The van der Waals surface area contributed by atoms with Crippen molar-refractivity contribution in [3.05, 3.63) is 12.7 Å². The molecule has 0 atom stereocenters. The molecule has 0 saturated heterocycles. The van der Waals surface area contributed by atoms with E-state index in [1.54, 1.807) is 0 Å². The van der Waals surface area contributed by atoms with Crippen LogP contribution in [-0.2, 0) is 36.3 Å². The zero-order valence-corrected chi connectivity index (χ0v) is 28.9. The van der Waals surface area contributed by atoms with E-state index in [9.17, 15) is 0 Å².